The van der Waals surface area contributed by atoms with Crippen LogP contribution in [0.4, 0.5) is 14.5 Å². The maximum absolute atomic E-state index is 14.9. The van der Waals surface area contributed by atoms with Crippen LogP contribution in [-0.2, 0) is 32.8 Å². The van der Waals surface area contributed by atoms with E-state index in [4.69, 9.17) is 0 Å². The third kappa shape index (κ3) is 7.51. The monoisotopic (exact) mass is 598 g/mol. The summed E-state index contributed by atoms with van der Waals surface area (Å²) in [6.07, 6.45) is 3.69. The Hall–Kier alpha value is -3.83. The molecular formula is C31H36F2N4O4S. The van der Waals surface area contributed by atoms with Crippen molar-refractivity contribution in [3.8, 4) is 0 Å². The van der Waals surface area contributed by atoms with Gasteiger partial charge in [-0.25, -0.2) is 13.1 Å². The molecule has 3 aromatic carbocycles. The number of carbonyl (C=O) groups excluding carboxylic acids is 2. The molecule has 11 heteroatoms. The molecule has 0 aromatic heterocycles. The van der Waals surface area contributed by atoms with Gasteiger partial charge in [0.1, 0.15) is 24.2 Å². The van der Waals surface area contributed by atoms with Crippen molar-refractivity contribution in [1.29, 1.82) is 0 Å². The van der Waals surface area contributed by atoms with Crippen molar-refractivity contribution in [2.45, 2.75) is 50.7 Å². The van der Waals surface area contributed by atoms with Gasteiger partial charge >= 0.3 is 10.2 Å². The first-order valence-corrected chi connectivity index (χ1v) is 15.3. The Labute approximate surface area is 246 Å². The molecule has 2 amide bonds. The number of nitrogens with zero attached hydrogens (tertiary/aromatic N) is 3. The number of benzene rings is 3. The standard InChI is InChI=1S/C31H36F2N4O4S/c1-35(2)42(40,41)37(28-19-11-10-18-27(28)33)22-30(38)36(21-24-14-6-9-17-26(24)32)29(20-23-12-4-3-5-13-23)31(39)34-25-15-7-8-16-25/h3-6,9-14,17-19,25,29H,7-8,15-16,20-22H2,1-2H3,(H,34,39)/t29-/m0/s1. The van der Waals surface area contributed by atoms with Crippen molar-refractivity contribution in [3.63, 3.8) is 0 Å². The number of anilines is 1. The van der Waals surface area contributed by atoms with Gasteiger partial charge in [0.05, 0.1) is 5.69 Å². The molecule has 1 saturated carbocycles. The van der Waals surface area contributed by atoms with Crippen LogP contribution in [0.3, 0.4) is 0 Å². The van der Waals surface area contributed by atoms with Gasteiger partial charge < -0.3 is 10.2 Å². The first-order chi connectivity index (χ1) is 20.1. The van der Waals surface area contributed by atoms with Crippen LogP contribution in [0.25, 0.3) is 0 Å². The number of rotatable bonds is 12. The van der Waals surface area contributed by atoms with Crippen molar-refractivity contribution in [2.24, 2.45) is 0 Å². The Bertz CT molecular complexity index is 1480. The molecule has 0 radical (unpaired) electrons. The first kappa shape index (κ1) is 31.1. The molecule has 1 aliphatic carbocycles. The lowest BCUT2D eigenvalue weighted by molar-refractivity contribution is -0.140. The molecular weight excluding hydrogens is 562 g/mol. The largest absolute Gasteiger partial charge is 0.352 e. The minimum absolute atomic E-state index is 0.0507. The zero-order chi connectivity index (χ0) is 30.3. The lowest BCUT2D eigenvalue weighted by atomic mass is 10.0. The second-order valence-electron chi connectivity index (χ2n) is 10.6. The SMILES string of the molecule is CN(C)S(=O)(=O)N(CC(=O)N(Cc1ccccc1F)[C@@H](Cc1ccccc1)C(=O)NC1CCCC1)c1ccccc1F. The summed E-state index contributed by atoms with van der Waals surface area (Å²) in [6.45, 7) is -1.11. The second kappa shape index (κ2) is 13.9. The van der Waals surface area contributed by atoms with Crippen molar-refractivity contribution < 1.29 is 26.8 Å². The maximum Gasteiger partial charge on any atom is 0.304 e. The van der Waals surface area contributed by atoms with Gasteiger partial charge in [-0.05, 0) is 36.6 Å². The average Bonchev–Trinajstić information content (AvgIpc) is 3.48. The van der Waals surface area contributed by atoms with E-state index in [9.17, 15) is 26.8 Å². The van der Waals surface area contributed by atoms with E-state index in [1.165, 1.54) is 55.4 Å². The molecule has 1 atom stereocenters. The molecule has 42 heavy (non-hydrogen) atoms. The predicted octanol–water partition coefficient (Wildman–Crippen LogP) is 4.28. The quantitative estimate of drug-likeness (QED) is 0.337. The fraction of sp³-hybridized carbons (Fsp3) is 0.355. The normalized spacial score (nSPS) is 14.5. The number of para-hydroxylation sites is 1. The fourth-order valence-electron chi connectivity index (χ4n) is 5.09. The molecule has 0 spiro atoms. The van der Waals surface area contributed by atoms with Crippen LogP contribution < -0.4 is 9.62 Å². The van der Waals surface area contributed by atoms with E-state index >= 15 is 0 Å². The Morgan fingerprint density at radius 3 is 2.10 bits per heavy atom. The van der Waals surface area contributed by atoms with Gasteiger partial charge in [-0.15, -0.1) is 0 Å². The third-order valence-electron chi connectivity index (χ3n) is 7.41. The van der Waals surface area contributed by atoms with Gasteiger partial charge in [0.2, 0.25) is 11.8 Å². The molecule has 0 unspecified atom stereocenters. The van der Waals surface area contributed by atoms with E-state index in [0.717, 1.165) is 41.6 Å². The number of hydrogen-bond donors (Lipinski definition) is 1. The summed E-state index contributed by atoms with van der Waals surface area (Å²) in [5, 5.41) is 3.05. The van der Waals surface area contributed by atoms with Crippen molar-refractivity contribution in [3.05, 3.63) is 102 Å². The van der Waals surface area contributed by atoms with Crippen LogP contribution in [-0.4, -0.2) is 62.2 Å². The van der Waals surface area contributed by atoms with Crippen LogP contribution in [0.5, 0.6) is 0 Å². The van der Waals surface area contributed by atoms with Crippen LogP contribution in [0.2, 0.25) is 0 Å². The molecule has 0 heterocycles. The summed E-state index contributed by atoms with van der Waals surface area (Å²) >= 11 is 0. The lowest BCUT2D eigenvalue weighted by Gasteiger charge is -2.35. The van der Waals surface area contributed by atoms with Gasteiger partial charge in [0, 0.05) is 38.7 Å². The molecule has 0 saturated heterocycles. The molecule has 1 N–H and O–H groups in total. The zero-order valence-corrected chi connectivity index (χ0v) is 24.6. The summed E-state index contributed by atoms with van der Waals surface area (Å²) in [5.74, 6) is -2.61. The molecule has 3 aromatic rings. The minimum Gasteiger partial charge on any atom is -0.352 e. The molecule has 4 rings (SSSR count). The summed E-state index contributed by atoms with van der Waals surface area (Å²) in [5.41, 5.74) is 0.605. The van der Waals surface area contributed by atoms with Gasteiger partial charge in [-0.1, -0.05) is 73.5 Å². The molecule has 1 fully saturated rings. The molecule has 0 bridgehead atoms. The summed E-state index contributed by atoms with van der Waals surface area (Å²) in [4.78, 5) is 29.2. The van der Waals surface area contributed by atoms with E-state index in [-0.39, 0.29) is 30.3 Å². The molecule has 1 aliphatic rings. The highest BCUT2D eigenvalue weighted by Crippen LogP contribution is 2.25. The van der Waals surface area contributed by atoms with Crippen LogP contribution in [0.15, 0.2) is 78.9 Å². The number of nitrogens with one attached hydrogen (secondary N) is 1. The Morgan fingerprint density at radius 1 is 0.881 bits per heavy atom. The fourth-order valence-corrected chi connectivity index (χ4v) is 6.15. The Balaban J connectivity index is 1.77. The van der Waals surface area contributed by atoms with E-state index in [1.807, 2.05) is 30.3 Å². The van der Waals surface area contributed by atoms with Gasteiger partial charge in [-0.2, -0.15) is 12.7 Å². The molecule has 0 aliphatic heterocycles. The topological polar surface area (TPSA) is 90.0 Å². The van der Waals surface area contributed by atoms with E-state index in [0.29, 0.717) is 4.31 Å². The third-order valence-corrected chi connectivity index (χ3v) is 9.22. The van der Waals surface area contributed by atoms with Crippen LogP contribution in [0, 0.1) is 11.6 Å². The number of carbonyl (C=O) groups is 2. The summed E-state index contributed by atoms with van der Waals surface area (Å²) in [7, 11) is -1.79. The Morgan fingerprint density at radius 2 is 1.48 bits per heavy atom. The number of halogens is 2. The van der Waals surface area contributed by atoms with Crippen molar-refractivity contribution in [1.82, 2.24) is 14.5 Å². The number of hydrogen-bond acceptors (Lipinski definition) is 4. The predicted molar refractivity (Wildman–Crippen MR) is 158 cm³/mol. The zero-order valence-electron chi connectivity index (χ0n) is 23.7. The smallest absolute Gasteiger partial charge is 0.304 e. The van der Waals surface area contributed by atoms with E-state index in [1.54, 1.807) is 6.07 Å². The van der Waals surface area contributed by atoms with Gasteiger partial charge in [0.25, 0.3) is 0 Å². The first-order valence-electron chi connectivity index (χ1n) is 13.9. The highest BCUT2D eigenvalue weighted by molar-refractivity contribution is 7.90. The average molecular weight is 599 g/mol. The molecule has 8 nitrogen and oxygen atoms in total. The van der Waals surface area contributed by atoms with E-state index < -0.39 is 46.2 Å². The van der Waals surface area contributed by atoms with E-state index in [2.05, 4.69) is 5.32 Å². The Kier molecular flexibility index (Phi) is 10.3. The van der Waals surface area contributed by atoms with Crippen molar-refractivity contribution in [2.75, 3.05) is 24.9 Å². The minimum atomic E-state index is -4.34. The summed E-state index contributed by atoms with van der Waals surface area (Å²) < 4.78 is 58.1. The van der Waals surface area contributed by atoms with Crippen molar-refractivity contribution >= 4 is 27.7 Å². The lowest BCUT2D eigenvalue weighted by Crippen LogP contribution is -2.55. The maximum atomic E-state index is 14.9. The summed E-state index contributed by atoms with van der Waals surface area (Å²) in [6, 6.07) is 19.1. The highest BCUT2D eigenvalue weighted by atomic mass is 32.2. The van der Waals surface area contributed by atoms with Gasteiger partial charge in [0.15, 0.2) is 0 Å². The van der Waals surface area contributed by atoms with Crippen LogP contribution >= 0.6 is 0 Å². The van der Waals surface area contributed by atoms with Gasteiger partial charge in [-0.3, -0.25) is 9.59 Å². The molecule has 224 valence electrons. The number of amides is 2. The second-order valence-corrected chi connectivity index (χ2v) is 12.6. The van der Waals surface area contributed by atoms with Crippen LogP contribution in [0.1, 0.15) is 36.8 Å². The highest BCUT2D eigenvalue weighted by Gasteiger charge is 2.36.